The summed E-state index contributed by atoms with van der Waals surface area (Å²) in [5, 5.41) is 18.2. The quantitative estimate of drug-likeness (QED) is 0.409. The summed E-state index contributed by atoms with van der Waals surface area (Å²) in [6.45, 7) is 4.53. The molecule has 0 spiro atoms. The van der Waals surface area contributed by atoms with Crippen molar-refractivity contribution in [3.05, 3.63) is 0 Å². The van der Waals surface area contributed by atoms with Gasteiger partial charge in [-0.3, -0.25) is 9.59 Å². The van der Waals surface area contributed by atoms with E-state index in [4.69, 9.17) is 15.3 Å². The Bertz CT molecular complexity index is 368. The van der Waals surface area contributed by atoms with E-state index in [-0.39, 0.29) is 25.6 Å². The van der Waals surface area contributed by atoms with Crippen LogP contribution in [0.5, 0.6) is 0 Å². The molecule has 7 nitrogen and oxygen atoms in total. The van der Waals surface area contributed by atoms with Crippen LogP contribution in [0, 0.1) is 11.3 Å². The molecular weight excluding hydrogens is 264 g/mol. The molecule has 7 heteroatoms. The highest BCUT2D eigenvalue weighted by atomic mass is 16.5. The Morgan fingerprint density at radius 2 is 1.90 bits per heavy atom. The van der Waals surface area contributed by atoms with Gasteiger partial charge in [-0.2, -0.15) is 0 Å². The topological polar surface area (TPSA) is 117 Å². The third kappa shape index (κ3) is 6.98. The number of aliphatic hydroxyl groups excluding tert-OH is 1. The SMILES string of the molecule is CC(C)OC(=O)[C@H](CCC(=O)C=N)NC(=O)[C@H](C)CO. The molecule has 0 unspecified atom stereocenters. The summed E-state index contributed by atoms with van der Waals surface area (Å²) in [6.07, 6.45) is 0.359. The van der Waals surface area contributed by atoms with Crippen molar-refractivity contribution in [2.45, 2.75) is 45.8 Å². The van der Waals surface area contributed by atoms with Crippen molar-refractivity contribution >= 4 is 23.9 Å². The number of carbonyl (C=O) groups is 3. The number of aliphatic hydroxyl groups is 1. The van der Waals surface area contributed by atoms with E-state index in [1.165, 1.54) is 6.92 Å². The summed E-state index contributed by atoms with van der Waals surface area (Å²) in [5.74, 6) is -2.20. The Kier molecular flexibility index (Phi) is 8.38. The molecule has 0 fully saturated rings. The Morgan fingerprint density at radius 3 is 2.35 bits per heavy atom. The molecule has 0 aliphatic heterocycles. The van der Waals surface area contributed by atoms with Crippen molar-refractivity contribution in [1.82, 2.24) is 5.32 Å². The zero-order chi connectivity index (χ0) is 15.7. The van der Waals surface area contributed by atoms with Crippen molar-refractivity contribution in [2.24, 2.45) is 5.92 Å². The number of nitrogens with one attached hydrogen (secondary N) is 2. The first kappa shape index (κ1) is 18.2. The molecule has 0 radical (unpaired) electrons. The molecule has 0 aliphatic carbocycles. The van der Waals surface area contributed by atoms with E-state index < -0.39 is 29.6 Å². The Morgan fingerprint density at radius 1 is 1.30 bits per heavy atom. The first-order valence-corrected chi connectivity index (χ1v) is 6.46. The molecule has 0 aromatic heterocycles. The van der Waals surface area contributed by atoms with Crippen LogP contribution in [0.2, 0.25) is 0 Å². The summed E-state index contributed by atoms with van der Waals surface area (Å²) in [6, 6.07) is -0.956. The first-order chi connectivity index (χ1) is 9.31. The van der Waals surface area contributed by atoms with Crippen LogP contribution in [-0.2, 0) is 19.1 Å². The smallest absolute Gasteiger partial charge is 0.328 e. The van der Waals surface area contributed by atoms with Gasteiger partial charge in [-0.05, 0) is 20.3 Å². The van der Waals surface area contributed by atoms with Crippen LogP contribution >= 0.6 is 0 Å². The summed E-state index contributed by atoms with van der Waals surface area (Å²) in [5.41, 5.74) is 0. The number of rotatable bonds is 9. The largest absolute Gasteiger partial charge is 0.461 e. The maximum absolute atomic E-state index is 11.8. The van der Waals surface area contributed by atoms with E-state index in [0.29, 0.717) is 6.21 Å². The number of hydrogen-bond donors (Lipinski definition) is 3. The predicted molar refractivity (Wildman–Crippen MR) is 72.4 cm³/mol. The van der Waals surface area contributed by atoms with E-state index in [2.05, 4.69) is 5.32 Å². The van der Waals surface area contributed by atoms with Crippen molar-refractivity contribution in [3.8, 4) is 0 Å². The van der Waals surface area contributed by atoms with Gasteiger partial charge in [-0.25, -0.2) is 4.79 Å². The lowest BCUT2D eigenvalue weighted by molar-refractivity contribution is -0.152. The van der Waals surface area contributed by atoms with Gasteiger partial charge >= 0.3 is 5.97 Å². The third-order valence-corrected chi connectivity index (χ3v) is 2.51. The van der Waals surface area contributed by atoms with Crippen molar-refractivity contribution in [3.63, 3.8) is 0 Å². The molecule has 0 bridgehead atoms. The molecule has 0 rings (SSSR count). The maximum Gasteiger partial charge on any atom is 0.328 e. The lowest BCUT2D eigenvalue weighted by Gasteiger charge is -2.20. The van der Waals surface area contributed by atoms with E-state index in [9.17, 15) is 14.4 Å². The van der Waals surface area contributed by atoms with Gasteiger partial charge < -0.3 is 20.6 Å². The highest BCUT2D eigenvalue weighted by Gasteiger charge is 2.25. The average Bonchev–Trinajstić information content (AvgIpc) is 2.40. The van der Waals surface area contributed by atoms with Gasteiger partial charge in [-0.15, -0.1) is 0 Å². The van der Waals surface area contributed by atoms with Gasteiger partial charge in [0.25, 0.3) is 0 Å². The second-order valence-electron chi connectivity index (χ2n) is 4.78. The van der Waals surface area contributed by atoms with Crippen LogP contribution < -0.4 is 5.32 Å². The van der Waals surface area contributed by atoms with Gasteiger partial charge in [0, 0.05) is 6.42 Å². The molecule has 20 heavy (non-hydrogen) atoms. The Hall–Kier alpha value is -1.76. The Labute approximate surface area is 118 Å². The average molecular weight is 286 g/mol. The molecule has 0 saturated carbocycles. The molecule has 0 aliphatic rings. The maximum atomic E-state index is 11.8. The zero-order valence-corrected chi connectivity index (χ0v) is 12.0. The van der Waals surface area contributed by atoms with Gasteiger partial charge in [0.1, 0.15) is 6.04 Å². The minimum Gasteiger partial charge on any atom is -0.461 e. The minimum atomic E-state index is -0.956. The molecule has 0 aromatic rings. The molecule has 2 atom stereocenters. The van der Waals surface area contributed by atoms with Crippen LogP contribution in [0.25, 0.3) is 0 Å². The van der Waals surface area contributed by atoms with E-state index in [0.717, 1.165) is 0 Å². The molecule has 114 valence electrons. The van der Waals surface area contributed by atoms with Crippen molar-refractivity contribution in [1.29, 1.82) is 5.41 Å². The molecule has 0 heterocycles. The normalized spacial score (nSPS) is 13.4. The fourth-order valence-electron chi connectivity index (χ4n) is 1.32. The number of ether oxygens (including phenoxy) is 1. The monoisotopic (exact) mass is 286 g/mol. The number of carbonyl (C=O) groups excluding carboxylic acids is 3. The van der Waals surface area contributed by atoms with Crippen LogP contribution in [-0.4, -0.2) is 47.7 Å². The highest BCUT2D eigenvalue weighted by Crippen LogP contribution is 2.05. The van der Waals surface area contributed by atoms with Gasteiger partial charge in [-0.1, -0.05) is 6.92 Å². The van der Waals surface area contributed by atoms with Crippen molar-refractivity contribution in [2.75, 3.05) is 6.61 Å². The fraction of sp³-hybridized carbons (Fsp3) is 0.692. The van der Waals surface area contributed by atoms with E-state index >= 15 is 0 Å². The van der Waals surface area contributed by atoms with E-state index in [1.54, 1.807) is 13.8 Å². The van der Waals surface area contributed by atoms with Crippen LogP contribution in [0.4, 0.5) is 0 Å². The fourth-order valence-corrected chi connectivity index (χ4v) is 1.32. The number of esters is 1. The number of ketones is 1. The molecule has 0 saturated heterocycles. The second kappa shape index (κ2) is 9.19. The number of Topliss-reactive ketones (excluding diaryl/α,β-unsaturated/α-hetero) is 1. The molecular formula is C13H22N2O5. The summed E-state index contributed by atoms with van der Waals surface area (Å²) < 4.78 is 5.01. The third-order valence-electron chi connectivity index (χ3n) is 2.51. The summed E-state index contributed by atoms with van der Waals surface area (Å²) >= 11 is 0. The van der Waals surface area contributed by atoms with Crippen LogP contribution in [0.3, 0.4) is 0 Å². The second-order valence-corrected chi connectivity index (χ2v) is 4.78. The summed E-state index contributed by atoms with van der Waals surface area (Å²) in [4.78, 5) is 34.6. The molecule has 0 aromatic carbocycles. The summed E-state index contributed by atoms with van der Waals surface area (Å²) in [7, 11) is 0. The minimum absolute atomic E-state index is 0.0326. The standard InChI is InChI=1S/C13H22N2O5/c1-8(2)20-13(19)11(5-4-10(17)6-14)15-12(18)9(3)7-16/h6,8-9,11,14,16H,4-5,7H2,1-3H3,(H,15,18)/t9-,11+/m1/s1. The lowest BCUT2D eigenvalue weighted by Crippen LogP contribution is -2.45. The van der Waals surface area contributed by atoms with Gasteiger partial charge in [0.2, 0.25) is 5.91 Å². The highest BCUT2D eigenvalue weighted by molar-refractivity contribution is 6.26. The van der Waals surface area contributed by atoms with Crippen LogP contribution in [0.15, 0.2) is 0 Å². The first-order valence-electron chi connectivity index (χ1n) is 6.46. The zero-order valence-electron chi connectivity index (χ0n) is 12.0. The van der Waals surface area contributed by atoms with Crippen LogP contribution in [0.1, 0.15) is 33.6 Å². The van der Waals surface area contributed by atoms with Crippen molar-refractivity contribution < 1.29 is 24.2 Å². The lowest BCUT2D eigenvalue weighted by atomic mass is 10.1. The molecule has 3 N–H and O–H groups in total. The number of hydrogen-bond acceptors (Lipinski definition) is 6. The van der Waals surface area contributed by atoms with E-state index in [1.807, 2.05) is 0 Å². The van der Waals surface area contributed by atoms with Gasteiger partial charge in [0.05, 0.1) is 24.8 Å². The predicted octanol–water partition coefficient (Wildman–Crippen LogP) is 0.0501. The van der Waals surface area contributed by atoms with Gasteiger partial charge in [0.15, 0.2) is 5.78 Å². The Balaban J connectivity index is 4.69. The number of amides is 1. The molecule has 1 amide bonds.